The Morgan fingerprint density at radius 1 is 1.20 bits per heavy atom. The van der Waals surface area contributed by atoms with Crippen molar-refractivity contribution < 1.29 is 18.0 Å². The van der Waals surface area contributed by atoms with E-state index < -0.39 is 18.5 Å². The van der Waals surface area contributed by atoms with Crippen molar-refractivity contribution in [2.75, 3.05) is 6.54 Å². The molecule has 0 spiro atoms. The largest absolute Gasteiger partial charge is 0.397 e. The molecule has 0 N–H and O–H groups in total. The lowest BCUT2D eigenvalue weighted by molar-refractivity contribution is -0.164. The average molecular weight is 285 g/mol. The summed E-state index contributed by atoms with van der Waals surface area (Å²) >= 11 is 0. The Balaban J connectivity index is 2.03. The van der Waals surface area contributed by atoms with Gasteiger partial charge in [0.2, 0.25) is 5.91 Å². The van der Waals surface area contributed by atoms with Crippen LogP contribution in [0.1, 0.15) is 31.2 Å². The second-order valence-corrected chi connectivity index (χ2v) is 5.22. The smallest absolute Gasteiger partial charge is 0.339 e. The topological polar surface area (TPSA) is 20.3 Å². The van der Waals surface area contributed by atoms with Crippen molar-refractivity contribution in [2.24, 2.45) is 0 Å². The van der Waals surface area contributed by atoms with Crippen LogP contribution in [0.25, 0.3) is 0 Å². The second kappa shape index (κ2) is 6.29. The molecule has 5 heteroatoms. The molecule has 1 aliphatic rings. The molecule has 2 rings (SSSR count). The standard InChI is InChI=1S/C15H18F3NO/c16-15(17,18)11-14(20)19-9-5-4-8-13(19)10-12-6-2-1-3-7-12/h1-3,6-7,13H,4-5,8-11H2/t13-/m1/s1. The SMILES string of the molecule is O=C(CC(F)(F)F)N1CCCC[C@@H]1Cc1ccccc1. The lowest BCUT2D eigenvalue weighted by Crippen LogP contribution is -2.46. The zero-order valence-electron chi connectivity index (χ0n) is 11.2. The van der Waals surface area contributed by atoms with Crippen LogP contribution in [0.2, 0.25) is 0 Å². The number of hydrogen-bond acceptors (Lipinski definition) is 1. The molecule has 1 amide bonds. The number of amides is 1. The summed E-state index contributed by atoms with van der Waals surface area (Å²) in [4.78, 5) is 13.2. The minimum atomic E-state index is -4.42. The van der Waals surface area contributed by atoms with Gasteiger partial charge in [-0.05, 0) is 31.2 Å². The molecule has 1 heterocycles. The van der Waals surface area contributed by atoms with Crippen molar-refractivity contribution >= 4 is 5.91 Å². The maximum Gasteiger partial charge on any atom is 0.397 e. The maximum absolute atomic E-state index is 12.4. The first-order valence-corrected chi connectivity index (χ1v) is 6.86. The summed E-state index contributed by atoms with van der Waals surface area (Å²) in [6.45, 7) is 0.437. The van der Waals surface area contributed by atoms with Crippen LogP contribution in [0, 0.1) is 0 Å². The number of nitrogens with zero attached hydrogens (tertiary/aromatic N) is 1. The third-order valence-corrected chi connectivity index (χ3v) is 3.61. The van der Waals surface area contributed by atoms with E-state index in [-0.39, 0.29) is 6.04 Å². The van der Waals surface area contributed by atoms with Crippen molar-refractivity contribution in [3.63, 3.8) is 0 Å². The van der Waals surface area contributed by atoms with E-state index in [1.54, 1.807) is 0 Å². The fraction of sp³-hybridized carbons (Fsp3) is 0.533. The summed E-state index contributed by atoms with van der Waals surface area (Å²) in [5.41, 5.74) is 1.06. The summed E-state index contributed by atoms with van der Waals surface area (Å²) in [5, 5.41) is 0. The van der Waals surface area contributed by atoms with Gasteiger partial charge in [-0.15, -0.1) is 0 Å². The van der Waals surface area contributed by atoms with Gasteiger partial charge in [-0.1, -0.05) is 30.3 Å². The first-order chi connectivity index (χ1) is 9.46. The van der Waals surface area contributed by atoms with Crippen molar-refractivity contribution in [1.82, 2.24) is 4.90 Å². The van der Waals surface area contributed by atoms with Gasteiger partial charge in [-0.3, -0.25) is 4.79 Å². The van der Waals surface area contributed by atoms with E-state index in [4.69, 9.17) is 0 Å². The van der Waals surface area contributed by atoms with E-state index in [0.717, 1.165) is 24.8 Å². The third kappa shape index (κ3) is 4.25. The molecule has 0 bridgehead atoms. The predicted molar refractivity (Wildman–Crippen MR) is 70.2 cm³/mol. The van der Waals surface area contributed by atoms with E-state index in [1.165, 1.54) is 4.90 Å². The van der Waals surface area contributed by atoms with Crippen LogP contribution in [0.3, 0.4) is 0 Å². The van der Waals surface area contributed by atoms with Crippen molar-refractivity contribution in [2.45, 2.75) is 44.3 Å². The van der Waals surface area contributed by atoms with Gasteiger partial charge in [0.15, 0.2) is 0 Å². The number of rotatable bonds is 3. The molecule has 2 nitrogen and oxygen atoms in total. The van der Waals surface area contributed by atoms with E-state index in [0.29, 0.717) is 13.0 Å². The number of halogens is 3. The number of carbonyl (C=O) groups is 1. The van der Waals surface area contributed by atoms with Crippen LogP contribution in [0.4, 0.5) is 13.2 Å². The number of piperidine rings is 1. The number of carbonyl (C=O) groups excluding carboxylic acids is 1. The molecule has 1 saturated heterocycles. The first kappa shape index (κ1) is 14.9. The van der Waals surface area contributed by atoms with Crippen LogP contribution < -0.4 is 0 Å². The normalized spacial score (nSPS) is 19.9. The fourth-order valence-electron chi connectivity index (χ4n) is 2.70. The summed E-state index contributed by atoms with van der Waals surface area (Å²) in [6, 6.07) is 9.49. The molecule has 110 valence electrons. The van der Waals surface area contributed by atoms with Crippen molar-refractivity contribution in [3.8, 4) is 0 Å². The molecular weight excluding hydrogens is 267 g/mol. The lowest BCUT2D eigenvalue weighted by Gasteiger charge is -2.36. The van der Waals surface area contributed by atoms with Gasteiger partial charge >= 0.3 is 6.18 Å². The van der Waals surface area contributed by atoms with Gasteiger partial charge < -0.3 is 4.90 Å². The summed E-state index contributed by atoms with van der Waals surface area (Å²) in [7, 11) is 0. The highest BCUT2D eigenvalue weighted by molar-refractivity contribution is 5.77. The molecule has 1 aromatic rings. The highest BCUT2D eigenvalue weighted by Gasteiger charge is 2.36. The summed E-state index contributed by atoms with van der Waals surface area (Å²) < 4.78 is 37.1. The van der Waals surface area contributed by atoms with Crippen LogP contribution in [0.15, 0.2) is 30.3 Å². The Morgan fingerprint density at radius 3 is 2.55 bits per heavy atom. The van der Waals surface area contributed by atoms with E-state index in [2.05, 4.69) is 0 Å². The zero-order valence-corrected chi connectivity index (χ0v) is 11.2. The Bertz CT molecular complexity index is 444. The molecule has 1 aliphatic heterocycles. The second-order valence-electron chi connectivity index (χ2n) is 5.22. The van der Waals surface area contributed by atoms with Crippen LogP contribution in [-0.4, -0.2) is 29.6 Å². The summed E-state index contributed by atoms with van der Waals surface area (Å²) in [5.74, 6) is -0.793. The molecule has 0 unspecified atom stereocenters. The van der Waals surface area contributed by atoms with Crippen molar-refractivity contribution in [3.05, 3.63) is 35.9 Å². The average Bonchev–Trinajstić information content (AvgIpc) is 2.38. The molecule has 0 saturated carbocycles. The first-order valence-electron chi connectivity index (χ1n) is 6.86. The van der Waals surface area contributed by atoms with Gasteiger partial charge in [0.1, 0.15) is 6.42 Å². The number of hydrogen-bond donors (Lipinski definition) is 0. The van der Waals surface area contributed by atoms with Crippen LogP contribution in [-0.2, 0) is 11.2 Å². The predicted octanol–water partition coefficient (Wildman–Crippen LogP) is 3.56. The molecule has 1 atom stereocenters. The van der Waals surface area contributed by atoms with Gasteiger partial charge in [-0.25, -0.2) is 0 Å². The zero-order chi connectivity index (χ0) is 14.6. The van der Waals surface area contributed by atoms with Crippen LogP contribution in [0.5, 0.6) is 0 Å². The van der Waals surface area contributed by atoms with E-state index >= 15 is 0 Å². The molecule has 0 aliphatic carbocycles. The van der Waals surface area contributed by atoms with Gasteiger partial charge in [0.05, 0.1) is 0 Å². The van der Waals surface area contributed by atoms with E-state index in [9.17, 15) is 18.0 Å². The Morgan fingerprint density at radius 2 is 1.90 bits per heavy atom. The summed E-state index contributed by atoms with van der Waals surface area (Å²) in [6.07, 6.45) is -2.62. The monoisotopic (exact) mass is 285 g/mol. The van der Waals surface area contributed by atoms with Gasteiger partial charge in [0.25, 0.3) is 0 Å². The van der Waals surface area contributed by atoms with E-state index in [1.807, 2.05) is 30.3 Å². The van der Waals surface area contributed by atoms with Crippen LogP contribution >= 0.6 is 0 Å². The van der Waals surface area contributed by atoms with Crippen molar-refractivity contribution in [1.29, 1.82) is 0 Å². The number of alkyl halides is 3. The van der Waals surface area contributed by atoms with Gasteiger partial charge in [0, 0.05) is 12.6 Å². The Kier molecular flexibility index (Phi) is 4.68. The molecule has 0 radical (unpaired) electrons. The number of likely N-dealkylation sites (tertiary alicyclic amines) is 1. The fourth-order valence-corrected chi connectivity index (χ4v) is 2.70. The molecule has 1 fully saturated rings. The van der Waals surface area contributed by atoms with Gasteiger partial charge in [-0.2, -0.15) is 13.2 Å². The minimum absolute atomic E-state index is 0.110. The quantitative estimate of drug-likeness (QED) is 0.831. The highest BCUT2D eigenvalue weighted by Crippen LogP contribution is 2.26. The Labute approximate surface area is 116 Å². The maximum atomic E-state index is 12.4. The third-order valence-electron chi connectivity index (χ3n) is 3.61. The molecule has 1 aromatic carbocycles. The molecule has 20 heavy (non-hydrogen) atoms. The lowest BCUT2D eigenvalue weighted by atomic mass is 9.95. The minimum Gasteiger partial charge on any atom is -0.339 e. The highest BCUT2D eigenvalue weighted by atomic mass is 19.4. The Hall–Kier alpha value is -1.52. The molecular formula is C15H18F3NO. The number of benzene rings is 1. The molecule has 0 aromatic heterocycles.